The highest BCUT2D eigenvalue weighted by atomic mass is 19.3. The van der Waals surface area contributed by atoms with Crippen molar-refractivity contribution < 1.29 is 13.6 Å². The number of nitrogens with two attached hydrogens (primary N) is 1. The third kappa shape index (κ3) is 3.49. The van der Waals surface area contributed by atoms with E-state index in [4.69, 9.17) is 5.73 Å². The molecule has 3 atom stereocenters. The van der Waals surface area contributed by atoms with Crippen LogP contribution in [-0.4, -0.2) is 30.0 Å². The van der Waals surface area contributed by atoms with Crippen molar-refractivity contribution in [1.82, 2.24) is 15.6 Å². The van der Waals surface area contributed by atoms with Crippen LogP contribution in [0.15, 0.2) is 30.5 Å². The Kier molecular flexibility index (Phi) is 5.05. The first-order chi connectivity index (χ1) is 13.4. The molecule has 4 N–H and O–H groups in total. The molecular formula is C21H26F2N4O. The summed E-state index contributed by atoms with van der Waals surface area (Å²) in [6, 6.07) is 6.17. The van der Waals surface area contributed by atoms with Crippen LogP contribution in [0.1, 0.15) is 43.7 Å². The lowest BCUT2D eigenvalue weighted by Crippen LogP contribution is -2.60. The summed E-state index contributed by atoms with van der Waals surface area (Å²) >= 11 is 0. The van der Waals surface area contributed by atoms with E-state index in [0.29, 0.717) is 24.3 Å². The molecule has 1 saturated heterocycles. The molecule has 2 aliphatic rings. The second kappa shape index (κ2) is 7.37. The van der Waals surface area contributed by atoms with E-state index in [1.807, 2.05) is 0 Å². The van der Waals surface area contributed by atoms with Crippen molar-refractivity contribution in [1.29, 1.82) is 0 Å². The molecule has 1 aromatic carbocycles. The topological polar surface area (TPSA) is 80.0 Å². The molecule has 0 bridgehead atoms. The Labute approximate surface area is 163 Å². The number of aromatic nitrogens is 1. The summed E-state index contributed by atoms with van der Waals surface area (Å²) in [5.74, 6) is 0.381. The Hall–Kier alpha value is -2.12. The highest BCUT2D eigenvalue weighted by Crippen LogP contribution is 2.39. The van der Waals surface area contributed by atoms with E-state index in [9.17, 15) is 13.6 Å². The molecule has 2 aromatic rings. The maximum Gasteiger partial charge on any atom is 0.265 e. The smallest absolute Gasteiger partial charge is 0.265 e. The second-order valence-electron chi connectivity index (χ2n) is 8.28. The third-order valence-corrected chi connectivity index (χ3v) is 5.96. The fourth-order valence-corrected chi connectivity index (χ4v) is 4.42. The maximum absolute atomic E-state index is 13.5. The molecule has 4 rings (SSSR count). The predicted molar refractivity (Wildman–Crippen MR) is 104 cm³/mol. The highest BCUT2D eigenvalue weighted by molar-refractivity contribution is 5.88. The minimum atomic E-state index is -2.61. The Morgan fingerprint density at radius 1 is 1.36 bits per heavy atom. The van der Waals surface area contributed by atoms with Crippen LogP contribution in [0.2, 0.25) is 0 Å². The van der Waals surface area contributed by atoms with Gasteiger partial charge in [0.15, 0.2) is 0 Å². The van der Waals surface area contributed by atoms with E-state index in [-0.39, 0.29) is 22.9 Å². The Morgan fingerprint density at radius 2 is 2.14 bits per heavy atom. The van der Waals surface area contributed by atoms with Gasteiger partial charge in [0, 0.05) is 23.7 Å². The summed E-state index contributed by atoms with van der Waals surface area (Å²) < 4.78 is 27.0. The molecule has 2 fully saturated rings. The average Bonchev–Trinajstić information content (AvgIpc) is 3.51. The second-order valence-corrected chi connectivity index (χ2v) is 8.28. The molecule has 2 heterocycles. The van der Waals surface area contributed by atoms with E-state index in [2.05, 4.69) is 22.5 Å². The van der Waals surface area contributed by atoms with Crippen LogP contribution < -0.4 is 16.4 Å². The van der Waals surface area contributed by atoms with Crippen LogP contribution in [0.4, 0.5) is 8.78 Å². The molecule has 0 radical (unpaired) electrons. The van der Waals surface area contributed by atoms with Crippen LogP contribution >= 0.6 is 0 Å². The molecule has 1 saturated carbocycles. The number of alkyl halides is 2. The van der Waals surface area contributed by atoms with Crippen LogP contribution in [0.3, 0.4) is 0 Å². The van der Waals surface area contributed by atoms with E-state index < -0.39 is 18.0 Å². The number of amides is 1. The van der Waals surface area contributed by atoms with Gasteiger partial charge < -0.3 is 16.4 Å². The molecule has 1 unspecified atom stereocenters. The van der Waals surface area contributed by atoms with E-state index >= 15 is 0 Å². The molecule has 1 aromatic heterocycles. The van der Waals surface area contributed by atoms with Gasteiger partial charge in [0.1, 0.15) is 0 Å². The quantitative estimate of drug-likeness (QED) is 0.736. The molecule has 1 aliphatic heterocycles. The van der Waals surface area contributed by atoms with Crippen molar-refractivity contribution in [3.05, 3.63) is 41.6 Å². The molecule has 7 heteroatoms. The van der Waals surface area contributed by atoms with Gasteiger partial charge in [-0.05, 0) is 49.3 Å². The fourth-order valence-electron chi connectivity index (χ4n) is 4.42. The summed E-state index contributed by atoms with van der Waals surface area (Å²) in [5.41, 5.74) is 6.45. The summed E-state index contributed by atoms with van der Waals surface area (Å²) in [7, 11) is 0. The highest BCUT2D eigenvalue weighted by Gasteiger charge is 2.42. The van der Waals surface area contributed by atoms with Gasteiger partial charge in [-0.2, -0.15) is 0 Å². The lowest BCUT2D eigenvalue weighted by atomic mass is 9.77. The number of nitrogens with one attached hydrogen (secondary N) is 2. The summed E-state index contributed by atoms with van der Waals surface area (Å²) in [6.45, 7) is 3.48. The molecule has 0 spiro atoms. The predicted octanol–water partition coefficient (Wildman–Crippen LogP) is 2.85. The number of piperidine rings is 1. The summed E-state index contributed by atoms with van der Waals surface area (Å²) in [5, 5.41) is 7.24. The van der Waals surface area contributed by atoms with Gasteiger partial charge in [0.2, 0.25) is 5.91 Å². The van der Waals surface area contributed by atoms with E-state index in [0.717, 1.165) is 24.9 Å². The van der Waals surface area contributed by atoms with Crippen molar-refractivity contribution in [3.8, 4) is 0 Å². The molecular weight excluding hydrogens is 362 g/mol. The van der Waals surface area contributed by atoms with Gasteiger partial charge >= 0.3 is 0 Å². The SMILES string of the molecule is C[C@@H]1CNC[C@](NC(=O)C(N)C2CC2)(c2ccc(C(F)F)c3ncccc23)C1. The summed E-state index contributed by atoms with van der Waals surface area (Å²) in [4.78, 5) is 17.1. The first kappa shape index (κ1) is 19.2. The van der Waals surface area contributed by atoms with Crippen molar-refractivity contribution in [2.24, 2.45) is 17.6 Å². The molecule has 1 aliphatic carbocycles. The normalized spacial score (nSPS) is 26.4. The minimum absolute atomic E-state index is 0.0904. The monoisotopic (exact) mass is 388 g/mol. The molecule has 150 valence electrons. The van der Waals surface area contributed by atoms with Crippen LogP contribution in [-0.2, 0) is 10.3 Å². The van der Waals surface area contributed by atoms with Crippen molar-refractivity contribution in [2.45, 2.75) is 44.2 Å². The number of hydrogen-bond acceptors (Lipinski definition) is 4. The Bertz CT molecular complexity index is 886. The van der Waals surface area contributed by atoms with Crippen molar-refractivity contribution in [3.63, 3.8) is 0 Å². The third-order valence-electron chi connectivity index (χ3n) is 5.96. The zero-order chi connectivity index (χ0) is 19.9. The van der Waals surface area contributed by atoms with Gasteiger partial charge in [0.25, 0.3) is 6.43 Å². The van der Waals surface area contributed by atoms with Gasteiger partial charge in [-0.15, -0.1) is 0 Å². The molecule has 28 heavy (non-hydrogen) atoms. The standard InChI is InChI=1S/C21H26F2N4O/c1-12-9-21(11-25-10-12,27-20(28)17(24)13-4-5-13)16-7-6-15(19(22)23)18-14(16)3-2-8-26-18/h2-3,6-8,12-13,17,19,25H,4-5,9-11,24H2,1H3,(H,27,28)/t12-,17?,21-/m0/s1. The molecule has 1 amide bonds. The number of nitrogens with zero attached hydrogens (tertiary/aromatic N) is 1. The number of carbonyl (C=O) groups is 1. The fraction of sp³-hybridized carbons (Fsp3) is 0.524. The average molecular weight is 388 g/mol. The number of fused-ring (bicyclic) bond motifs is 1. The van der Waals surface area contributed by atoms with Crippen LogP contribution in [0, 0.1) is 11.8 Å². The van der Waals surface area contributed by atoms with Crippen molar-refractivity contribution >= 4 is 16.8 Å². The maximum atomic E-state index is 13.5. The zero-order valence-corrected chi connectivity index (χ0v) is 15.9. The number of rotatable bonds is 5. The zero-order valence-electron chi connectivity index (χ0n) is 15.9. The summed E-state index contributed by atoms with van der Waals surface area (Å²) in [6.07, 6.45) is 1.58. The minimum Gasteiger partial charge on any atom is -0.344 e. The first-order valence-corrected chi connectivity index (χ1v) is 9.86. The lowest BCUT2D eigenvalue weighted by Gasteiger charge is -2.43. The largest absolute Gasteiger partial charge is 0.344 e. The Balaban J connectivity index is 1.81. The van der Waals surface area contributed by atoms with Gasteiger partial charge in [-0.3, -0.25) is 9.78 Å². The van der Waals surface area contributed by atoms with Crippen LogP contribution in [0.5, 0.6) is 0 Å². The number of pyridine rings is 1. The van der Waals surface area contributed by atoms with Crippen molar-refractivity contribution in [2.75, 3.05) is 13.1 Å². The number of halogens is 2. The van der Waals surface area contributed by atoms with Gasteiger partial charge in [-0.1, -0.05) is 25.1 Å². The van der Waals surface area contributed by atoms with E-state index in [1.165, 1.54) is 12.3 Å². The van der Waals surface area contributed by atoms with Crippen LogP contribution in [0.25, 0.3) is 10.9 Å². The molecule has 5 nitrogen and oxygen atoms in total. The lowest BCUT2D eigenvalue weighted by molar-refractivity contribution is -0.125. The Morgan fingerprint density at radius 3 is 2.82 bits per heavy atom. The van der Waals surface area contributed by atoms with E-state index in [1.54, 1.807) is 18.2 Å². The number of benzene rings is 1. The van der Waals surface area contributed by atoms with Gasteiger partial charge in [0.05, 0.1) is 17.1 Å². The number of hydrogen-bond donors (Lipinski definition) is 3. The van der Waals surface area contributed by atoms with Gasteiger partial charge in [-0.25, -0.2) is 8.78 Å². The number of carbonyl (C=O) groups excluding carboxylic acids is 1. The first-order valence-electron chi connectivity index (χ1n) is 9.86.